The lowest BCUT2D eigenvalue weighted by Crippen LogP contribution is -2.54. The Morgan fingerprint density at radius 3 is 2.17 bits per heavy atom. The van der Waals surface area contributed by atoms with Gasteiger partial charge >= 0.3 is 0 Å². The molecule has 8 nitrogen and oxygen atoms in total. The van der Waals surface area contributed by atoms with E-state index < -0.39 is 0 Å². The van der Waals surface area contributed by atoms with Crippen molar-refractivity contribution in [3.8, 4) is 28.8 Å². The van der Waals surface area contributed by atoms with Gasteiger partial charge in [-0.05, 0) is 106 Å². The Labute approximate surface area is 358 Å². The highest BCUT2D eigenvalue weighted by molar-refractivity contribution is 9.10. The quantitative estimate of drug-likeness (QED) is 0.102. The monoisotopic (exact) mass is 855 g/mol. The molecule has 0 N–H and O–H groups in total. The van der Waals surface area contributed by atoms with Gasteiger partial charge in [-0.3, -0.25) is 9.58 Å². The molecule has 0 bridgehead atoms. The van der Waals surface area contributed by atoms with Crippen molar-refractivity contribution in [1.82, 2.24) is 19.7 Å². The maximum absolute atomic E-state index is 6.43. The van der Waals surface area contributed by atoms with Crippen molar-refractivity contribution in [2.24, 2.45) is 13.0 Å². The topological polar surface area (TPSA) is 64.9 Å². The molecular formula is C50H58BrN5O3. The molecule has 1 aliphatic carbocycles. The number of pyridine rings is 1. The molecule has 9 heteroatoms. The number of hydrogen-bond acceptors (Lipinski definition) is 7. The van der Waals surface area contributed by atoms with Gasteiger partial charge < -0.3 is 19.1 Å². The fraction of sp³-hybridized carbons (Fsp3) is 0.400. The second-order valence-corrected chi connectivity index (χ2v) is 17.9. The third-order valence-corrected chi connectivity index (χ3v) is 13.4. The summed E-state index contributed by atoms with van der Waals surface area (Å²) in [6.07, 6.45) is 9.04. The van der Waals surface area contributed by atoms with Crippen LogP contribution in [0.25, 0.3) is 22.2 Å². The lowest BCUT2D eigenvalue weighted by molar-refractivity contribution is 0.0945. The molecule has 0 unspecified atom stereocenters. The Bertz CT molecular complexity index is 2300. The zero-order valence-electron chi connectivity index (χ0n) is 35.1. The Kier molecular flexibility index (Phi) is 12.9. The van der Waals surface area contributed by atoms with E-state index in [4.69, 9.17) is 24.3 Å². The summed E-state index contributed by atoms with van der Waals surface area (Å²) in [4.78, 5) is 10.1. The van der Waals surface area contributed by atoms with Gasteiger partial charge in [-0.1, -0.05) is 95.5 Å². The van der Waals surface area contributed by atoms with E-state index in [9.17, 15) is 0 Å². The first kappa shape index (κ1) is 40.9. The van der Waals surface area contributed by atoms with Crippen LogP contribution in [0.3, 0.4) is 0 Å². The summed E-state index contributed by atoms with van der Waals surface area (Å²) in [6.45, 7) is 12.0. The summed E-state index contributed by atoms with van der Waals surface area (Å²) in [5.74, 6) is 2.86. The molecule has 0 spiro atoms. The van der Waals surface area contributed by atoms with E-state index in [1.165, 1.54) is 43.4 Å². The van der Waals surface area contributed by atoms with Gasteiger partial charge in [0, 0.05) is 65.9 Å². The molecular weight excluding hydrogens is 798 g/mol. The fourth-order valence-corrected chi connectivity index (χ4v) is 9.23. The maximum Gasteiger partial charge on any atom is 0.226 e. The molecule has 8 rings (SSSR count). The fourth-order valence-electron chi connectivity index (χ4n) is 8.88. The molecule has 1 aliphatic heterocycles. The van der Waals surface area contributed by atoms with Crippen LogP contribution in [0.4, 0.5) is 5.69 Å². The number of anilines is 1. The summed E-state index contributed by atoms with van der Waals surface area (Å²) in [5.41, 5.74) is 7.55. The molecule has 2 aromatic heterocycles. The predicted molar refractivity (Wildman–Crippen MR) is 242 cm³/mol. The van der Waals surface area contributed by atoms with E-state index in [-0.39, 0.29) is 5.54 Å². The Morgan fingerprint density at radius 2 is 1.46 bits per heavy atom. The third-order valence-electron chi connectivity index (χ3n) is 12.6. The highest BCUT2D eigenvalue weighted by Crippen LogP contribution is 2.38. The third kappa shape index (κ3) is 9.96. The highest BCUT2D eigenvalue weighted by Gasteiger charge is 2.31. The first-order valence-corrected chi connectivity index (χ1v) is 22.2. The number of fused-ring (bicyclic) bond motifs is 1. The van der Waals surface area contributed by atoms with Crippen molar-refractivity contribution in [2.45, 2.75) is 90.6 Å². The van der Waals surface area contributed by atoms with E-state index in [0.717, 1.165) is 88.4 Å². The molecule has 3 heterocycles. The average Bonchev–Trinajstić information content (AvgIpc) is 3.60. The van der Waals surface area contributed by atoms with Gasteiger partial charge in [-0.15, -0.1) is 0 Å². The smallest absolute Gasteiger partial charge is 0.226 e. The van der Waals surface area contributed by atoms with Crippen LogP contribution >= 0.6 is 15.9 Å². The van der Waals surface area contributed by atoms with Gasteiger partial charge in [0.2, 0.25) is 11.8 Å². The molecule has 0 amide bonds. The number of piperazine rings is 1. The summed E-state index contributed by atoms with van der Waals surface area (Å²) >= 11 is 3.65. The van der Waals surface area contributed by atoms with Crippen LogP contribution in [0, 0.1) is 12.8 Å². The minimum Gasteiger partial charge on any atom is -0.490 e. The first-order chi connectivity index (χ1) is 28.7. The van der Waals surface area contributed by atoms with Crippen molar-refractivity contribution in [3.63, 3.8) is 0 Å². The number of nitrogens with zero attached hydrogens (tertiary/aromatic N) is 5. The minimum atomic E-state index is 0.183. The molecule has 0 atom stereocenters. The SMILES string of the molecule is Cc1c(Br)cccc1O[C@H]1CC[C@H](CCCC(C)(C)N2CCN(c3ccc4c(-c5ccc(OCc6ccccc6)nc5OCc5ccccc5)nn(C)c4c3)CC2)CC1. The van der Waals surface area contributed by atoms with Crippen LogP contribution < -0.4 is 19.1 Å². The molecule has 2 aliphatic rings. The zero-order valence-corrected chi connectivity index (χ0v) is 36.7. The van der Waals surface area contributed by atoms with E-state index in [2.05, 4.69) is 95.0 Å². The second-order valence-electron chi connectivity index (χ2n) is 17.0. The van der Waals surface area contributed by atoms with Gasteiger partial charge in [-0.25, -0.2) is 0 Å². The van der Waals surface area contributed by atoms with Crippen LogP contribution in [0.15, 0.2) is 114 Å². The Hall–Kier alpha value is -4.86. The van der Waals surface area contributed by atoms with E-state index >= 15 is 0 Å². The van der Waals surface area contributed by atoms with Crippen molar-refractivity contribution in [3.05, 3.63) is 130 Å². The standard InChI is InChI=1S/C50H58BrN5O3/c1-36-44(51)18-11-19-46(36)59-41-23-20-37(21-24-41)17-12-28-50(2,3)56-31-29-55(30-32-56)40-22-25-42-45(33-40)54(4)53-48(42)43-26-27-47(57-34-38-13-7-5-8-14-38)52-49(43)58-35-39-15-9-6-10-16-39/h5-11,13-16,18-19,22,25-27,33,37,41H,12,17,20-21,23-24,28-32,34-35H2,1-4H3/t37-,41-. The summed E-state index contributed by atoms with van der Waals surface area (Å²) in [7, 11) is 2.02. The van der Waals surface area contributed by atoms with E-state index in [1.54, 1.807) is 0 Å². The summed E-state index contributed by atoms with van der Waals surface area (Å²) in [6, 6.07) is 37.3. The number of hydrogen-bond donors (Lipinski definition) is 0. The summed E-state index contributed by atoms with van der Waals surface area (Å²) in [5, 5.41) is 6.11. The molecule has 2 fully saturated rings. The van der Waals surface area contributed by atoms with Crippen molar-refractivity contribution < 1.29 is 14.2 Å². The van der Waals surface area contributed by atoms with Crippen LogP contribution in [0.1, 0.15) is 75.5 Å². The van der Waals surface area contributed by atoms with Gasteiger partial charge in [-0.2, -0.15) is 10.1 Å². The van der Waals surface area contributed by atoms with E-state index in [1.807, 2.05) is 72.4 Å². The highest BCUT2D eigenvalue weighted by atomic mass is 79.9. The Balaban J connectivity index is 0.871. The van der Waals surface area contributed by atoms with Crippen molar-refractivity contribution >= 4 is 32.5 Å². The number of ether oxygens (including phenoxy) is 3. The molecule has 1 saturated heterocycles. The minimum absolute atomic E-state index is 0.183. The van der Waals surface area contributed by atoms with Crippen LogP contribution in [-0.4, -0.2) is 57.5 Å². The molecule has 308 valence electrons. The van der Waals surface area contributed by atoms with E-state index in [0.29, 0.717) is 31.1 Å². The maximum atomic E-state index is 6.43. The van der Waals surface area contributed by atoms with Crippen molar-refractivity contribution in [2.75, 3.05) is 31.1 Å². The van der Waals surface area contributed by atoms with Gasteiger partial charge in [0.05, 0.1) is 17.2 Å². The van der Waals surface area contributed by atoms with Crippen LogP contribution in [0.2, 0.25) is 0 Å². The van der Waals surface area contributed by atoms with Crippen LogP contribution in [0.5, 0.6) is 17.5 Å². The number of benzene rings is 4. The first-order valence-electron chi connectivity index (χ1n) is 21.4. The lowest BCUT2D eigenvalue weighted by Gasteiger charge is -2.45. The number of aromatic nitrogens is 3. The molecule has 4 aromatic carbocycles. The largest absolute Gasteiger partial charge is 0.490 e. The zero-order chi connectivity index (χ0) is 40.8. The summed E-state index contributed by atoms with van der Waals surface area (Å²) < 4.78 is 22.1. The van der Waals surface area contributed by atoms with Gasteiger partial charge in [0.1, 0.15) is 24.7 Å². The Morgan fingerprint density at radius 1 is 0.763 bits per heavy atom. The predicted octanol–water partition coefficient (Wildman–Crippen LogP) is 11.6. The molecule has 59 heavy (non-hydrogen) atoms. The normalized spacial score (nSPS) is 17.6. The second kappa shape index (κ2) is 18.6. The van der Waals surface area contributed by atoms with Gasteiger partial charge in [0.25, 0.3) is 0 Å². The average molecular weight is 857 g/mol. The number of aryl methyl sites for hydroxylation is 1. The number of halogens is 1. The molecule has 1 saturated carbocycles. The lowest BCUT2D eigenvalue weighted by atomic mass is 9.82. The number of rotatable bonds is 15. The van der Waals surface area contributed by atoms with Crippen LogP contribution in [-0.2, 0) is 20.3 Å². The molecule has 6 aromatic rings. The van der Waals surface area contributed by atoms with Crippen molar-refractivity contribution in [1.29, 1.82) is 0 Å². The van der Waals surface area contributed by atoms with Gasteiger partial charge in [0.15, 0.2) is 0 Å². The molecule has 0 radical (unpaired) electrons.